The fourth-order valence-electron chi connectivity index (χ4n) is 1.33. The number of benzene rings is 1. The Bertz CT molecular complexity index is 554. The van der Waals surface area contributed by atoms with Gasteiger partial charge in [0.25, 0.3) is 0 Å². The number of carbonyl (C=O) groups is 1. The van der Waals surface area contributed by atoms with Crippen LogP contribution >= 0.6 is 11.3 Å². The molecule has 2 aromatic rings. The molecule has 1 aromatic heterocycles. The minimum absolute atomic E-state index is 0.0726. The van der Waals surface area contributed by atoms with E-state index in [9.17, 15) is 9.18 Å². The van der Waals surface area contributed by atoms with Crippen LogP contribution in [0.3, 0.4) is 0 Å². The zero-order valence-electron chi connectivity index (χ0n) is 8.21. The van der Waals surface area contributed by atoms with E-state index in [2.05, 4.69) is 6.58 Å². The maximum Gasteiger partial charge on any atom is 0.198 e. The largest absolute Gasteiger partial charge is 0.288 e. The molecule has 0 unspecified atom stereocenters. The maximum atomic E-state index is 12.9. The number of hydrogen-bond acceptors (Lipinski definition) is 2. The lowest BCUT2D eigenvalue weighted by Gasteiger charge is -1.91. The molecule has 0 atom stereocenters. The van der Waals surface area contributed by atoms with Crippen LogP contribution in [0, 0.1) is 5.82 Å². The van der Waals surface area contributed by atoms with Crippen molar-refractivity contribution in [1.82, 2.24) is 0 Å². The molecule has 0 spiro atoms. The molecule has 0 aliphatic carbocycles. The van der Waals surface area contributed by atoms with Crippen LogP contribution in [0.2, 0.25) is 0 Å². The number of rotatable bonds is 2. The van der Waals surface area contributed by atoms with Crippen LogP contribution in [-0.2, 0) is 0 Å². The summed E-state index contributed by atoms with van der Waals surface area (Å²) in [5.74, 6) is -0.352. The smallest absolute Gasteiger partial charge is 0.198 e. The van der Waals surface area contributed by atoms with Crippen molar-refractivity contribution < 1.29 is 9.18 Å². The topological polar surface area (TPSA) is 17.1 Å². The van der Waals surface area contributed by atoms with E-state index < -0.39 is 0 Å². The molecule has 76 valence electrons. The molecular formula is C12H9FOS. The monoisotopic (exact) mass is 220 g/mol. The van der Waals surface area contributed by atoms with E-state index in [1.807, 2.05) is 0 Å². The SMILES string of the molecule is C=C(C)C(=O)c1cc2ccc(F)cc2s1. The summed E-state index contributed by atoms with van der Waals surface area (Å²) in [4.78, 5) is 12.2. The van der Waals surface area contributed by atoms with Crippen molar-refractivity contribution in [3.05, 3.63) is 47.1 Å². The summed E-state index contributed by atoms with van der Waals surface area (Å²) < 4.78 is 13.7. The van der Waals surface area contributed by atoms with Gasteiger partial charge in [0.05, 0.1) is 4.88 Å². The second-order valence-corrected chi connectivity index (χ2v) is 4.49. The highest BCUT2D eigenvalue weighted by atomic mass is 32.1. The maximum absolute atomic E-state index is 12.9. The van der Waals surface area contributed by atoms with Gasteiger partial charge >= 0.3 is 0 Å². The Morgan fingerprint density at radius 2 is 2.13 bits per heavy atom. The molecule has 0 amide bonds. The number of hydrogen-bond donors (Lipinski definition) is 0. The van der Waals surface area contributed by atoms with Crippen LogP contribution in [0.25, 0.3) is 10.1 Å². The highest BCUT2D eigenvalue weighted by Gasteiger charge is 2.10. The predicted octanol–water partition coefficient (Wildman–Crippen LogP) is 3.80. The quantitative estimate of drug-likeness (QED) is 0.555. The minimum atomic E-state index is -0.279. The van der Waals surface area contributed by atoms with Gasteiger partial charge in [-0.2, -0.15) is 0 Å². The van der Waals surface area contributed by atoms with E-state index in [4.69, 9.17) is 0 Å². The minimum Gasteiger partial charge on any atom is -0.288 e. The van der Waals surface area contributed by atoms with Crippen LogP contribution in [0.15, 0.2) is 36.4 Å². The van der Waals surface area contributed by atoms with Crippen molar-refractivity contribution in [3.63, 3.8) is 0 Å². The standard InChI is InChI=1S/C12H9FOS/c1-7(2)12(14)11-5-8-3-4-9(13)6-10(8)15-11/h3-6H,1H2,2H3. The van der Waals surface area contributed by atoms with Crippen LogP contribution in [0.5, 0.6) is 0 Å². The van der Waals surface area contributed by atoms with Crippen molar-refractivity contribution in [3.8, 4) is 0 Å². The van der Waals surface area contributed by atoms with E-state index in [0.717, 1.165) is 10.1 Å². The summed E-state index contributed by atoms with van der Waals surface area (Å²) in [5, 5.41) is 0.894. The normalized spacial score (nSPS) is 10.5. The Morgan fingerprint density at radius 3 is 2.80 bits per heavy atom. The molecule has 1 heterocycles. The van der Waals surface area contributed by atoms with E-state index in [-0.39, 0.29) is 11.6 Å². The first-order valence-electron chi connectivity index (χ1n) is 4.47. The van der Waals surface area contributed by atoms with Crippen molar-refractivity contribution in [2.75, 3.05) is 0 Å². The van der Waals surface area contributed by atoms with Crippen molar-refractivity contribution in [2.45, 2.75) is 6.92 Å². The molecule has 1 aromatic carbocycles. The van der Waals surface area contributed by atoms with E-state index >= 15 is 0 Å². The molecule has 0 aliphatic heterocycles. The predicted molar refractivity (Wildman–Crippen MR) is 60.9 cm³/mol. The van der Waals surface area contributed by atoms with Gasteiger partial charge in [-0.25, -0.2) is 4.39 Å². The number of carbonyl (C=O) groups excluding carboxylic acids is 1. The zero-order chi connectivity index (χ0) is 11.0. The Kier molecular flexibility index (Phi) is 2.40. The lowest BCUT2D eigenvalue weighted by atomic mass is 10.2. The van der Waals surface area contributed by atoms with Crippen molar-refractivity contribution in [2.24, 2.45) is 0 Å². The van der Waals surface area contributed by atoms with E-state index in [1.165, 1.54) is 23.5 Å². The van der Waals surface area contributed by atoms with Crippen LogP contribution in [0.1, 0.15) is 16.6 Å². The highest BCUT2D eigenvalue weighted by molar-refractivity contribution is 7.21. The van der Waals surface area contributed by atoms with Crippen LogP contribution in [0.4, 0.5) is 4.39 Å². The van der Waals surface area contributed by atoms with Gasteiger partial charge in [-0.05, 0) is 36.1 Å². The fourth-order valence-corrected chi connectivity index (χ4v) is 2.43. The molecule has 0 radical (unpaired) electrons. The Balaban J connectivity index is 2.56. The molecule has 15 heavy (non-hydrogen) atoms. The van der Waals surface area contributed by atoms with Gasteiger partial charge in [0.15, 0.2) is 5.78 Å². The average molecular weight is 220 g/mol. The Labute approximate surface area is 90.9 Å². The zero-order valence-corrected chi connectivity index (χ0v) is 9.03. The third-order valence-electron chi connectivity index (χ3n) is 2.09. The number of fused-ring (bicyclic) bond motifs is 1. The van der Waals surface area contributed by atoms with Gasteiger partial charge in [-0.15, -0.1) is 11.3 Å². The van der Waals surface area contributed by atoms with Gasteiger partial charge < -0.3 is 0 Å². The third kappa shape index (κ3) is 1.83. The third-order valence-corrected chi connectivity index (χ3v) is 3.19. The van der Waals surface area contributed by atoms with Gasteiger partial charge in [-0.1, -0.05) is 12.6 Å². The molecule has 0 saturated carbocycles. The molecular weight excluding hydrogens is 211 g/mol. The molecule has 0 aliphatic rings. The first kappa shape index (κ1) is 10.1. The Hall–Kier alpha value is -1.48. The fraction of sp³-hybridized carbons (Fsp3) is 0.0833. The lowest BCUT2D eigenvalue weighted by Crippen LogP contribution is -1.94. The summed E-state index contributed by atoms with van der Waals surface area (Å²) in [5.41, 5.74) is 0.502. The first-order chi connectivity index (χ1) is 7.08. The molecule has 3 heteroatoms. The van der Waals surface area contributed by atoms with Gasteiger partial charge in [-0.3, -0.25) is 4.79 Å². The molecule has 2 rings (SSSR count). The summed E-state index contributed by atoms with van der Waals surface area (Å²) in [6.07, 6.45) is 0. The lowest BCUT2D eigenvalue weighted by molar-refractivity contribution is 0.103. The Morgan fingerprint density at radius 1 is 1.40 bits per heavy atom. The second-order valence-electron chi connectivity index (χ2n) is 3.40. The van der Waals surface area contributed by atoms with Crippen molar-refractivity contribution >= 4 is 27.2 Å². The van der Waals surface area contributed by atoms with Gasteiger partial charge in [0.2, 0.25) is 0 Å². The molecule has 0 saturated heterocycles. The van der Waals surface area contributed by atoms with E-state index in [1.54, 1.807) is 19.1 Å². The summed E-state index contributed by atoms with van der Waals surface area (Å²) in [7, 11) is 0. The van der Waals surface area contributed by atoms with Crippen LogP contribution < -0.4 is 0 Å². The summed E-state index contributed by atoms with van der Waals surface area (Å²) in [6.45, 7) is 5.28. The van der Waals surface area contributed by atoms with Gasteiger partial charge in [0.1, 0.15) is 5.82 Å². The molecule has 0 N–H and O–H groups in total. The number of allylic oxidation sites excluding steroid dienone is 1. The summed E-state index contributed by atoms with van der Waals surface area (Å²) in [6, 6.07) is 6.28. The van der Waals surface area contributed by atoms with Crippen LogP contribution in [-0.4, -0.2) is 5.78 Å². The number of halogens is 1. The highest BCUT2D eigenvalue weighted by Crippen LogP contribution is 2.27. The van der Waals surface area contributed by atoms with E-state index in [0.29, 0.717) is 10.5 Å². The average Bonchev–Trinajstić information content (AvgIpc) is 2.58. The summed E-state index contributed by atoms with van der Waals surface area (Å²) >= 11 is 1.30. The number of ketones is 1. The number of thiophene rings is 1. The van der Waals surface area contributed by atoms with Gasteiger partial charge in [0, 0.05) is 4.70 Å². The number of Topliss-reactive ketones (excluding diaryl/α,β-unsaturated/α-hetero) is 1. The van der Waals surface area contributed by atoms with Crippen molar-refractivity contribution in [1.29, 1.82) is 0 Å². The second kappa shape index (κ2) is 3.59. The molecule has 1 nitrogen and oxygen atoms in total. The molecule has 0 fully saturated rings. The molecule has 0 bridgehead atoms. The first-order valence-corrected chi connectivity index (χ1v) is 5.29.